The lowest BCUT2D eigenvalue weighted by atomic mass is 9.97. The molecule has 0 aliphatic carbocycles. The summed E-state index contributed by atoms with van der Waals surface area (Å²) in [5, 5.41) is 23.5. The fraction of sp³-hybridized carbons (Fsp3) is 0.500. The van der Waals surface area contributed by atoms with Crippen molar-refractivity contribution in [3.05, 3.63) is 33.3 Å². The van der Waals surface area contributed by atoms with E-state index in [0.29, 0.717) is 12.2 Å². The molecule has 0 spiro atoms. The summed E-state index contributed by atoms with van der Waals surface area (Å²) in [6, 6.07) is 3.40. The van der Waals surface area contributed by atoms with Gasteiger partial charge in [-0.2, -0.15) is 0 Å². The number of anilines is 1. The highest BCUT2D eigenvalue weighted by Gasteiger charge is 2.38. The second kappa shape index (κ2) is 6.10. The van der Waals surface area contributed by atoms with E-state index in [-0.39, 0.29) is 22.8 Å². The van der Waals surface area contributed by atoms with E-state index in [1.54, 1.807) is 18.7 Å². The topological polar surface area (TPSA) is 95.7 Å². The van der Waals surface area contributed by atoms with Crippen LogP contribution >= 0.6 is 11.6 Å². The van der Waals surface area contributed by atoms with Gasteiger partial charge in [0.2, 0.25) is 0 Å². The lowest BCUT2D eigenvalue weighted by Gasteiger charge is -2.33. The van der Waals surface area contributed by atoms with Crippen molar-refractivity contribution in [2.45, 2.75) is 38.3 Å². The van der Waals surface area contributed by atoms with Gasteiger partial charge in [0.1, 0.15) is 5.02 Å². The first-order chi connectivity index (χ1) is 10.2. The standard InChI is InChI=1S/C14H18ClN3O4/c1-14(2,20)12-4-3-7-17(12)13(19)16-9-5-6-11(18(21)22)10(15)8-9/h5-6,8,12,20H,3-4,7H2,1-2H3,(H,16,19)/t12-/m1/s1. The Morgan fingerprint density at radius 1 is 1.55 bits per heavy atom. The number of benzene rings is 1. The van der Waals surface area contributed by atoms with Crippen LogP contribution in [0.3, 0.4) is 0 Å². The zero-order valence-corrected chi connectivity index (χ0v) is 13.1. The summed E-state index contributed by atoms with van der Waals surface area (Å²) in [5.41, 5.74) is -0.821. The average molecular weight is 328 g/mol. The van der Waals surface area contributed by atoms with Crippen LogP contribution in [0.4, 0.5) is 16.2 Å². The van der Waals surface area contributed by atoms with Crippen molar-refractivity contribution in [2.24, 2.45) is 0 Å². The van der Waals surface area contributed by atoms with Crippen LogP contribution in [0.2, 0.25) is 5.02 Å². The summed E-state index contributed by atoms with van der Waals surface area (Å²) in [7, 11) is 0. The summed E-state index contributed by atoms with van der Waals surface area (Å²) >= 11 is 5.82. The van der Waals surface area contributed by atoms with E-state index in [0.717, 1.165) is 12.8 Å². The van der Waals surface area contributed by atoms with Crippen LogP contribution in [0.5, 0.6) is 0 Å². The molecule has 1 aliphatic heterocycles. The summed E-state index contributed by atoms with van der Waals surface area (Å²) < 4.78 is 0. The van der Waals surface area contributed by atoms with Crippen LogP contribution in [-0.2, 0) is 0 Å². The molecular formula is C14H18ClN3O4. The number of likely N-dealkylation sites (tertiary alicyclic amines) is 1. The number of carbonyl (C=O) groups excluding carboxylic acids is 1. The molecule has 0 bridgehead atoms. The fourth-order valence-corrected chi connectivity index (χ4v) is 2.92. The van der Waals surface area contributed by atoms with Gasteiger partial charge in [-0.3, -0.25) is 10.1 Å². The molecule has 8 heteroatoms. The van der Waals surface area contributed by atoms with E-state index in [1.165, 1.54) is 18.2 Å². The first kappa shape index (κ1) is 16.5. The Hall–Kier alpha value is -1.86. The maximum atomic E-state index is 12.3. The van der Waals surface area contributed by atoms with Gasteiger partial charge in [-0.05, 0) is 38.8 Å². The third-order valence-electron chi connectivity index (χ3n) is 3.72. The number of halogens is 1. The van der Waals surface area contributed by atoms with Gasteiger partial charge in [-0.1, -0.05) is 11.6 Å². The van der Waals surface area contributed by atoms with E-state index in [2.05, 4.69) is 5.32 Å². The van der Waals surface area contributed by atoms with E-state index in [1.807, 2.05) is 0 Å². The minimum Gasteiger partial charge on any atom is -0.388 e. The summed E-state index contributed by atoms with van der Waals surface area (Å²) in [6.07, 6.45) is 1.56. The number of carbonyl (C=O) groups is 1. The number of nitrogens with zero attached hydrogens (tertiary/aromatic N) is 2. The number of nitro benzene ring substituents is 1. The molecule has 1 saturated heterocycles. The highest BCUT2D eigenvalue weighted by molar-refractivity contribution is 6.33. The van der Waals surface area contributed by atoms with Crippen molar-refractivity contribution in [2.75, 3.05) is 11.9 Å². The van der Waals surface area contributed by atoms with Crippen molar-refractivity contribution in [3.63, 3.8) is 0 Å². The highest BCUT2D eigenvalue weighted by Crippen LogP contribution is 2.29. The number of hydrogen-bond acceptors (Lipinski definition) is 4. The second-order valence-corrected chi connectivity index (χ2v) is 6.27. The quantitative estimate of drug-likeness (QED) is 0.659. The van der Waals surface area contributed by atoms with Gasteiger partial charge in [-0.25, -0.2) is 4.79 Å². The van der Waals surface area contributed by atoms with Crippen molar-refractivity contribution in [3.8, 4) is 0 Å². The lowest BCUT2D eigenvalue weighted by molar-refractivity contribution is -0.384. The van der Waals surface area contributed by atoms with Gasteiger partial charge in [0.05, 0.1) is 16.6 Å². The third-order valence-corrected chi connectivity index (χ3v) is 4.03. The molecular weight excluding hydrogens is 310 g/mol. The number of aliphatic hydroxyl groups is 1. The van der Waals surface area contributed by atoms with E-state index >= 15 is 0 Å². The van der Waals surface area contributed by atoms with Gasteiger partial charge < -0.3 is 15.3 Å². The third kappa shape index (κ3) is 3.48. The maximum Gasteiger partial charge on any atom is 0.322 e. The Bertz CT molecular complexity index is 600. The zero-order valence-electron chi connectivity index (χ0n) is 12.4. The van der Waals surface area contributed by atoms with Crippen molar-refractivity contribution in [1.82, 2.24) is 4.90 Å². The Morgan fingerprint density at radius 2 is 2.23 bits per heavy atom. The highest BCUT2D eigenvalue weighted by atomic mass is 35.5. The van der Waals surface area contributed by atoms with E-state index in [9.17, 15) is 20.0 Å². The minimum atomic E-state index is -0.985. The number of hydrogen-bond donors (Lipinski definition) is 2. The summed E-state index contributed by atoms with van der Waals surface area (Å²) in [4.78, 5) is 24.0. The van der Waals surface area contributed by atoms with Crippen LogP contribution in [0.1, 0.15) is 26.7 Å². The minimum absolute atomic E-state index is 0.0386. The van der Waals surface area contributed by atoms with Crippen molar-refractivity contribution in [1.29, 1.82) is 0 Å². The molecule has 2 amide bonds. The van der Waals surface area contributed by atoms with E-state index < -0.39 is 10.5 Å². The zero-order chi connectivity index (χ0) is 16.5. The Morgan fingerprint density at radius 3 is 2.77 bits per heavy atom. The molecule has 7 nitrogen and oxygen atoms in total. The summed E-state index contributed by atoms with van der Waals surface area (Å²) in [6.45, 7) is 3.90. The Balaban J connectivity index is 2.12. The smallest absolute Gasteiger partial charge is 0.322 e. The molecule has 0 unspecified atom stereocenters. The molecule has 2 rings (SSSR count). The lowest BCUT2D eigenvalue weighted by Crippen LogP contribution is -2.49. The first-order valence-corrected chi connectivity index (χ1v) is 7.32. The largest absolute Gasteiger partial charge is 0.388 e. The van der Waals surface area contributed by atoms with Crippen molar-refractivity contribution >= 4 is 29.0 Å². The normalized spacial score (nSPS) is 18.4. The average Bonchev–Trinajstić information content (AvgIpc) is 2.87. The first-order valence-electron chi connectivity index (χ1n) is 6.94. The van der Waals surface area contributed by atoms with Crippen LogP contribution in [0, 0.1) is 10.1 Å². The van der Waals surface area contributed by atoms with Crippen LogP contribution in [-0.4, -0.2) is 39.1 Å². The number of nitro groups is 1. The molecule has 1 fully saturated rings. The number of urea groups is 1. The van der Waals surface area contributed by atoms with Gasteiger partial charge in [0.15, 0.2) is 0 Å². The molecule has 1 atom stereocenters. The SMILES string of the molecule is CC(C)(O)[C@H]1CCCN1C(=O)Nc1ccc([N+](=O)[O-])c(Cl)c1. The molecule has 0 aromatic heterocycles. The molecule has 0 saturated carbocycles. The van der Waals surface area contributed by atoms with Crippen molar-refractivity contribution < 1.29 is 14.8 Å². The molecule has 1 aliphatic rings. The van der Waals surface area contributed by atoms with Gasteiger partial charge in [-0.15, -0.1) is 0 Å². The molecule has 0 radical (unpaired) electrons. The predicted octanol–water partition coefficient (Wildman–Crippen LogP) is 3.02. The molecule has 2 N–H and O–H groups in total. The summed E-state index contributed by atoms with van der Waals surface area (Å²) in [5.74, 6) is 0. The van der Waals surface area contributed by atoms with E-state index in [4.69, 9.17) is 11.6 Å². The molecule has 1 heterocycles. The predicted molar refractivity (Wildman–Crippen MR) is 83.2 cm³/mol. The van der Waals surface area contributed by atoms with Gasteiger partial charge in [0.25, 0.3) is 5.69 Å². The number of rotatable bonds is 3. The Kier molecular flexibility index (Phi) is 4.58. The molecule has 1 aromatic carbocycles. The molecule has 1 aromatic rings. The molecule has 22 heavy (non-hydrogen) atoms. The maximum absolute atomic E-state index is 12.3. The Labute approximate surface area is 133 Å². The fourth-order valence-electron chi connectivity index (χ4n) is 2.67. The monoisotopic (exact) mass is 327 g/mol. The van der Waals surface area contributed by atoms with Gasteiger partial charge in [0, 0.05) is 18.3 Å². The van der Waals surface area contributed by atoms with Gasteiger partial charge >= 0.3 is 6.03 Å². The van der Waals surface area contributed by atoms with Crippen LogP contribution in [0.15, 0.2) is 18.2 Å². The number of amides is 2. The molecule has 120 valence electrons. The second-order valence-electron chi connectivity index (χ2n) is 5.86. The number of nitrogens with one attached hydrogen (secondary N) is 1. The van der Waals surface area contributed by atoms with Crippen LogP contribution < -0.4 is 5.32 Å². The van der Waals surface area contributed by atoms with Crippen LogP contribution in [0.25, 0.3) is 0 Å².